The molecule has 0 saturated heterocycles. The normalized spacial score (nSPS) is 39.3. The monoisotopic (exact) mass is 284 g/mol. The van der Waals surface area contributed by atoms with Gasteiger partial charge in [0.2, 0.25) is 0 Å². The van der Waals surface area contributed by atoms with Gasteiger partial charge in [0, 0.05) is 18.3 Å². The summed E-state index contributed by atoms with van der Waals surface area (Å²) in [5.74, 6) is 2.89. The van der Waals surface area contributed by atoms with Crippen LogP contribution in [0.3, 0.4) is 0 Å². The second-order valence-electron chi connectivity index (χ2n) is 7.11. The number of fused-ring (bicyclic) bond motifs is 4. The third kappa shape index (κ3) is 2.03. The summed E-state index contributed by atoms with van der Waals surface area (Å²) in [6.07, 6.45) is 11.1. The third-order valence-corrected chi connectivity index (χ3v) is 6.18. The third-order valence-electron chi connectivity index (χ3n) is 6.18. The molecule has 2 unspecified atom stereocenters. The maximum Gasteiger partial charge on any atom is 0.195 e. The molecule has 4 aliphatic rings. The van der Waals surface area contributed by atoms with Crippen LogP contribution in [0, 0.1) is 30.1 Å². The van der Waals surface area contributed by atoms with Crippen molar-refractivity contribution in [3.8, 4) is 0 Å². The summed E-state index contributed by atoms with van der Waals surface area (Å²) in [6.45, 7) is 2.29. The quantitative estimate of drug-likeness (QED) is 0.747. The molecule has 1 N–H and O–H groups in total. The van der Waals surface area contributed by atoms with E-state index in [4.69, 9.17) is 0 Å². The molecule has 0 spiro atoms. The molecule has 4 atom stereocenters. The lowest BCUT2D eigenvalue weighted by Gasteiger charge is -2.41. The van der Waals surface area contributed by atoms with Crippen molar-refractivity contribution in [2.45, 2.75) is 58.0 Å². The topological polar surface area (TPSA) is 37.3 Å². The number of hydrogen-bond acceptors (Lipinski definition) is 2. The van der Waals surface area contributed by atoms with E-state index in [9.17, 15) is 9.90 Å². The zero-order valence-electron chi connectivity index (χ0n) is 12.8. The number of carbonyl (C=O) groups excluding carboxylic acids is 1. The minimum atomic E-state index is -0.396. The minimum absolute atomic E-state index is 0.00993. The van der Waals surface area contributed by atoms with Gasteiger partial charge < -0.3 is 5.11 Å². The van der Waals surface area contributed by atoms with Gasteiger partial charge in [0.15, 0.2) is 11.9 Å². The molecule has 1 saturated carbocycles. The summed E-state index contributed by atoms with van der Waals surface area (Å²) >= 11 is 0. The Balaban J connectivity index is 1.71. The summed E-state index contributed by atoms with van der Waals surface area (Å²) in [4.78, 5) is 12.5. The van der Waals surface area contributed by atoms with Crippen molar-refractivity contribution in [2.75, 3.05) is 0 Å². The molecule has 0 amide bonds. The van der Waals surface area contributed by atoms with Crippen molar-refractivity contribution in [1.82, 2.24) is 0 Å². The second kappa shape index (κ2) is 5.01. The summed E-state index contributed by atoms with van der Waals surface area (Å²) in [7, 11) is 0. The molecule has 2 heteroatoms. The lowest BCUT2D eigenvalue weighted by Crippen LogP contribution is -2.40. The van der Waals surface area contributed by atoms with E-state index in [1.807, 2.05) is 12.5 Å². The van der Waals surface area contributed by atoms with Gasteiger partial charge in [0.05, 0.1) is 6.42 Å². The van der Waals surface area contributed by atoms with Gasteiger partial charge >= 0.3 is 0 Å². The predicted molar refractivity (Wildman–Crippen MR) is 82.1 cm³/mol. The SMILES string of the molecule is CCC1CCC2=C1CCC1[C]3C[CH+][C@H](O)C[C@H]3C(=O)C=C21. The molecule has 0 heterocycles. The highest BCUT2D eigenvalue weighted by atomic mass is 16.3. The molecule has 111 valence electrons. The van der Waals surface area contributed by atoms with Crippen LogP contribution in [0.25, 0.3) is 0 Å². The molecule has 1 radical (unpaired) electrons. The van der Waals surface area contributed by atoms with Crippen molar-refractivity contribution in [3.05, 3.63) is 35.1 Å². The maximum atomic E-state index is 12.5. The minimum Gasteiger partial charge on any atom is -0.353 e. The van der Waals surface area contributed by atoms with E-state index >= 15 is 0 Å². The van der Waals surface area contributed by atoms with Crippen molar-refractivity contribution < 1.29 is 9.90 Å². The zero-order chi connectivity index (χ0) is 14.6. The highest BCUT2D eigenvalue weighted by Gasteiger charge is 2.49. The number of rotatable bonds is 1. The van der Waals surface area contributed by atoms with Crippen molar-refractivity contribution >= 4 is 5.78 Å². The Morgan fingerprint density at radius 3 is 2.95 bits per heavy atom. The molecule has 0 bridgehead atoms. The number of aliphatic hydroxyl groups excluding tert-OH is 1. The smallest absolute Gasteiger partial charge is 0.195 e. The van der Waals surface area contributed by atoms with E-state index in [0.29, 0.717) is 12.3 Å². The van der Waals surface area contributed by atoms with Crippen LogP contribution < -0.4 is 0 Å². The molecule has 1 fully saturated rings. The van der Waals surface area contributed by atoms with Crippen molar-refractivity contribution in [2.24, 2.45) is 17.8 Å². The van der Waals surface area contributed by atoms with E-state index in [2.05, 4.69) is 6.92 Å². The van der Waals surface area contributed by atoms with E-state index in [1.165, 1.54) is 49.2 Å². The first-order chi connectivity index (χ1) is 10.2. The molecule has 21 heavy (non-hydrogen) atoms. The van der Waals surface area contributed by atoms with Gasteiger partial charge in [-0.3, -0.25) is 4.79 Å². The van der Waals surface area contributed by atoms with Crippen LogP contribution in [0.2, 0.25) is 0 Å². The highest BCUT2D eigenvalue weighted by Crippen LogP contribution is 2.54. The lowest BCUT2D eigenvalue weighted by atomic mass is 9.60. The fourth-order valence-corrected chi connectivity index (χ4v) is 5.11. The van der Waals surface area contributed by atoms with Crippen molar-refractivity contribution in [1.29, 1.82) is 0 Å². The Morgan fingerprint density at radius 1 is 1.29 bits per heavy atom. The van der Waals surface area contributed by atoms with Crippen LogP contribution in [0.5, 0.6) is 0 Å². The first-order valence-corrected chi connectivity index (χ1v) is 8.53. The Morgan fingerprint density at radius 2 is 2.14 bits per heavy atom. The number of aliphatic hydroxyl groups is 1. The Hall–Kier alpha value is -1.02. The number of ketones is 1. The van der Waals surface area contributed by atoms with Gasteiger partial charge in [-0.1, -0.05) is 12.5 Å². The first-order valence-electron chi connectivity index (χ1n) is 8.53. The maximum absolute atomic E-state index is 12.5. The first kappa shape index (κ1) is 13.6. The van der Waals surface area contributed by atoms with Gasteiger partial charge in [0.1, 0.15) is 6.42 Å². The van der Waals surface area contributed by atoms with Crippen LogP contribution in [0.1, 0.15) is 51.9 Å². The van der Waals surface area contributed by atoms with Crippen molar-refractivity contribution in [3.63, 3.8) is 0 Å². The fourth-order valence-electron chi connectivity index (χ4n) is 5.11. The molecule has 0 aromatic rings. The second-order valence-corrected chi connectivity index (χ2v) is 7.11. The molecule has 2 nitrogen and oxygen atoms in total. The standard InChI is InChI=1S/C19H24O2/c1-2-11-3-5-14-13(11)7-8-15-16-6-4-12(20)9-18(16)19(21)10-17(14)15/h4,10-12,15,18,20H,2-3,5-9H2,1H3/q+1/t11?,12-,15?,18+/m0/s1. The van der Waals surface area contributed by atoms with E-state index in [-0.39, 0.29) is 11.7 Å². The Bertz CT molecular complexity index is 528. The predicted octanol–water partition coefficient (Wildman–Crippen LogP) is 3.57. The van der Waals surface area contributed by atoms with Crippen LogP contribution >= 0.6 is 0 Å². The summed E-state index contributed by atoms with van der Waals surface area (Å²) < 4.78 is 0. The van der Waals surface area contributed by atoms with Crippen LogP contribution in [0.15, 0.2) is 22.8 Å². The molecule has 0 aromatic carbocycles. The summed E-state index contributed by atoms with van der Waals surface area (Å²) in [6, 6.07) is 0. The number of allylic oxidation sites excluding steroid dienone is 4. The zero-order valence-corrected chi connectivity index (χ0v) is 12.8. The molecular formula is C19H24O2+. The molecular weight excluding hydrogens is 260 g/mol. The fraction of sp³-hybridized carbons (Fsp3) is 0.632. The van der Waals surface area contributed by atoms with Gasteiger partial charge in [-0.15, -0.1) is 0 Å². The number of carbonyl (C=O) groups is 1. The van der Waals surface area contributed by atoms with Crippen LogP contribution in [0.4, 0.5) is 0 Å². The largest absolute Gasteiger partial charge is 0.353 e. The van der Waals surface area contributed by atoms with Gasteiger partial charge in [-0.05, 0) is 61.2 Å². The Kier molecular flexibility index (Phi) is 3.25. The van der Waals surface area contributed by atoms with Gasteiger partial charge in [-0.2, -0.15) is 0 Å². The molecule has 4 aliphatic carbocycles. The molecule has 4 rings (SSSR count). The summed E-state index contributed by atoms with van der Waals surface area (Å²) in [5.41, 5.74) is 4.54. The van der Waals surface area contributed by atoms with Gasteiger partial charge in [-0.25, -0.2) is 0 Å². The molecule has 0 aromatic heterocycles. The average molecular weight is 284 g/mol. The van der Waals surface area contributed by atoms with E-state index in [0.717, 1.165) is 12.3 Å². The summed E-state index contributed by atoms with van der Waals surface area (Å²) in [5, 5.41) is 9.83. The Labute approximate surface area is 127 Å². The highest BCUT2D eigenvalue weighted by molar-refractivity contribution is 5.96. The van der Waals surface area contributed by atoms with Gasteiger partial charge in [0.25, 0.3) is 0 Å². The molecule has 0 aliphatic heterocycles. The lowest BCUT2D eigenvalue weighted by molar-refractivity contribution is -0.119. The van der Waals surface area contributed by atoms with Crippen LogP contribution in [-0.2, 0) is 4.79 Å². The van der Waals surface area contributed by atoms with E-state index < -0.39 is 6.10 Å². The number of hydrogen-bond donors (Lipinski definition) is 1. The van der Waals surface area contributed by atoms with E-state index in [1.54, 1.807) is 5.57 Å². The van der Waals surface area contributed by atoms with Crippen LogP contribution in [-0.4, -0.2) is 17.0 Å². The average Bonchev–Trinajstić information content (AvgIpc) is 2.91.